The van der Waals surface area contributed by atoms with Crippen molar-refractivity contribution in [3.8, 4) is 28.5 Å². The lowest BCUT2D eigenvalue weighted by atomic mass is 9.99. The van der Waals surface area contributed by atoms with E-state index in [1.165, 1.54) is 18.2 Å². The van der Waals surface area contributed by atoms with Crippen LogP contribution in [0.3, 0.4) is 0 Å². The minimum absolute atomic E-state index is 0.168. The first-order valence-corrected chi connectivity index (χ1v) is 10.8. The lowest BCUT2D eigenvalue weighted by Gasteiger charge is -2.13. The summed E-state index contributed by atoms with van der Waals surface area (Å²) in [7, 11) is 0. The molecule has 0 atom stereocenters. The highest BCUT2D eigenvalue weighted by Crippen LogP contribution is 2.38. The number of hydrogen-bond acceptors (Lipinski definition) is 6. The van der Waals surface area contributed by atoms with Crippen molar-refractivity contribution in [3.05, 3.63) is 106 Å². The molecule has 7 heteroatoms. The fraction of sp³-hybridized carbons (Fsp3) is 0.0385. The van der Waals surface area contributed by atoms with E-state index in [-0.39, 0.29) is 11.3 Å². The number of aryl methyl sites for hydroxylation is 1. The van der Waals surface area contributed by atoms with Crippen molar-refractivity contribution < 1.29 is 9.72 Å². The van der Waals surface area contributed by atoms with Crippen LogP contribution in [0.15, 0.2) is 88.8 Å². The summed E-state index contributed by atoms with van der Waals surface area (Å²) in [6.07, 6.45) is 0.573. The van der Waals surface area contributed by atoms with E-state index in [0.29, 0.717) is 27.5 Å². The smallest absolute Gasteiger partial charge is 0.270 e. The van der Waals surface area contributed by atoms with Gasteiger partial charge < -0.3 is 0 Å². The molecular weight excluding hydrogens is 434 g/mol. The Morgan fingerprint density at radius 2 is 1.73 bits per heavy atom. The molecule has 0 unspecified atom stereocenters. The van der Waals surface area contributed by atoms with Gasteiger partial charge in [-0.3, -0.25) is 14.9 Å². The van der Waals surface area contributed by atoms with Crippen LogP contribution in [0.2, 0.25) is 0 Å². The van der Waals surface area contributed by atoms with Crippen LogP contribution < -0.4 is 0 Å². The average molecular weight is 452 g/mol. The van der Waals surface area contributed by atoms with E-state index in [4.69, 9.17) is 4.98 Å². The normalized spacial score (nSPS) is 10.4. The molecule has 0 saturated heterocycles. The lowest BCUT2D eigenvalue weighted by Crippen LogP contribution is -1.97. The van der Waals surface area contributed by atoms with Crippen LogP contribution in [0.1, 0.15) is 21.5 Å². The third-order valence-corrected chi connectivity index (χ3v) is 6.15. The number of nitro groups is 1. The second-order valence-electron chi connectivity index (χ2n) is 7.28. The fourth-order valence-corrected chi connectivity index (χ4v) is 4.33. The summed E-state index contributed by atoms with van der Waals surface area (Å²) in [5.41, 5.74) is 4.65. The summed E-state index contributed by atoms with van der Waals surface area (Å²) in [4.78, 5) is 27.4. The molecule has 1 aromatic heterocycles. The quantitative estimate of drug-likeness (QED) is 0.189. The second-order valence-corrected chi connectivity index (χ2v) is 8.31. The molecule has 0 aliphatic carbocycles. The molecule has 0 saturated carbocycles. The monoisotopic (exact) mass is 451 g/mol. The van der Waals surface area contributed by atoms with E-state index in [1.807, 2.05) is 67.6 Å². The van der Waals surface area contributed by atoms with E-state index in [9.17, 15) is 20.2 Å². The molecule has 0 spiro atoms. The summed E-state index contributed by atoms with van der Waals surface area (Å²) in [6, 6.07) is 25.7. The molecule has 6 nitrogen and oxygen atoms in total. The minimum Gasteiger partial charge on any atom is -0.298 e. The fourth-order valence-electron chi connectivity index (χ4n) is 3.36. The molecule has 3 aromatic carbocycles. The van der Waals surface area contributed by atoms with Crippen molar-refractivity contribution in [1.29, 1.82) is 5.26 Å². The molecule has 0 N–H and O–H groups in total. The van der Waals surface area contributed by atoms with Gasteiger partial charge >= 0.3 is 0 Å². The SMILES string of the molecule is Cc1ccc(-c2cc(-c3ccccc3)c(C#N)c(Sc3ccc([N+](=O)[O-])cc3C=O)n2)cc1. The van der Waals surface area contributed by atoms with Crippen molar-refractivity contribution in [3.63, 3.8) is 0 Å². The third kappa shape index (κ3) is 4.66. The Balaban J connectivity index is 1.91. The van der Waals surface area contributed by atoms with Gasteiger partial charge in [0.1, 0.15) is 11.1 Å². The van der Waals surface area contributed by atoms with E-state index >= 15 is 0 Å². The van der Waals surface area contributed by atoms with E-state index < -0.39 is 4.92 Å². The predicted octanol–water partition coefficient (Wildman–Crippen LogP) is 6.47. The summed E-state index contributed by atoms with van der Waals surface area (Å²) in [5.74, 6) is 0. The van der Waals surface area contributed by atoms with Gasteiger partial charge in [-0.25, -0.2) is 4.98 Å². The van der Waals surface area contributed by atoms with Gasteiger partial charge in [0.25, 0.3) is 5.69 Å². The molecule has 4 rings (SSSR count). The highest BCUT2D eigenvalue weighted by molar-refractivity contribution is 7.99. The Morgan fingerprint density at radius 1 is 1.00 bits per heavy atom. The number of nitrogens with zero attached hydrogens (tertiary/aromatic N) is 3. The molecule has 1 heterocycles. The predicted molar refractivity (Wildman–Crippen MR) is 127 cm³/mol. The molecule has 0 radical (unpaired) electrons. The maximum Gasteiger partial charge on any atom is 0.270 e. The van der Waals surface area contributed by atoms with Crippen molar-refractivity contribution >= 4 is 23.7 Å². The zero-order valence-electron chi connectivity index (χ0n) is 17.6. The van der Waals surface area contributed by atoms with Crippen molar-refractivity contribution in [2.45, 2.75) is 16.8 Å². The molecule has 160 valence electrons. The van der Waals surface area contributed by atoms with Crippen LogP contribution in [0.4, 0.5) is 5.69 Å². The van der Waals surface area contributed by atoms with Gasteiger partial charge in [-0.05, 0) is 24.6 Å². The van der Waals surface area contributed by atoms with Gasteiger partial charge in [0.15, 0.2) is 6.29 Å². The first-order valence-electron chi connectivity index (χ1n) is 9.99. The molecule has 33 heavy (non-hydrogen) atoms. The molecule has 0 aliphatic heterocycles. The molecule has 0 amide bonds. The van der Waals surface area contributed by atoms with Crippen LogP contribution in [0.25, 0.3) is 22.4 Å². The van der Waals surface area contributed by atoms with Crippen LogP contribution in [-0.2, 0) is 0 Å². The van der Waals surface area contributed by atoms with Crippen LogP contribution >= 0.6 is 11.8 Å². The van der Waals surface area contributed by atoms with E-state index in [0.717, 1.165) is 34.0 Å². The maximum atomic E-state index is 11.6. The summed E-state index contributed by atoms with van der Waals surface area (Å²) >= 11 is 1.14. The summed E-state index contributed by atoms with van der Waals surface area (Å²) in [5, 5.41) is 21.5. The number of carbonyl (C=O) groups is 1. The molecule has 0 aliphatic rings. The van der Waals surface area contributed by atoms with E-state index in [1.54, 1.807) is 0 Å². The number of pyridine rings is 1. The number of non-ortho nitro benzene ring substituents is 1. The van der Waals surface area contributed by atoms with Crippen LogP contribution in [-0.4, -0.2) is 16.2 Å². The van der Waals surface area contributed by atoms with Crippen molar-refractivity contribution in [2.75, 3.05) is 0 Å². The third-order valence-electron chi connectivity index (χ3n) is 5.07. The number of aromatic nitrogens is 1. The van der Waals surface area contributed by atoms with Gasteiger partial charge in [0.2, 0.25) is 0 Å². The first kappa shape index (κ1) is 21.9. The number of nitro benzene ring substituents is 1. The number of hydrogen-bond donors (Lipinski definition) is 0. The van der Waals surface area contributed by atoms with Gasteiger partial charge in [0, 0.05) is 33.7 Å². The Bertz CT molecular complexity index is 1400. The lowest BCUT2D eigenvalue weighted by molar-refractivity contribution is -0.384. The van der Waals surface area contributed by atoms with Gasteiger partial charge in [-0.15, -0.1) is 0 Å². The average Bonchev–Trinajstić information content (AvgIpc) is 2.84. The van der Waals surface area contributed by atoms with Gasteiger partial charge in [-0.1, -0.05) is 71.9 Å². The Hall–Kier alpha value is -4.28. The maximum absolute atomic E-state index is 11.6. The topological polar surface area (TPSA) is 96.9 Å². The van der Waals surface area contributed by atoms with Crippen LogP contribution in [0, 0.1) is 28.4 Å². The summed E-state index contributed by atoms with van der Waals surface area (Å²) in [6.45, 7) is 2.00. The van der Waals surface area contributed by atoms with Gasteiger partial charge in [-0.2, -0.15) is 5.26 Å². The number of carbonyl (C=O) groups excluding carboxylic acids is 1. The highest BCUT2D eigenvalue weighted by Gasteiger charge is 2.19. The zero-order valence-corrected chi connectivity index (χ0v) is 18.4. The number of rotatable bonds is 6. The highest BCUT2D eigenvalue weighted by atomic mass is 32.2. The van der Waals surface area contributed by atoms with Crippen molar-refractivity contribution in [1.82, 2.24) is 4.98 Å². The number of aldehydes is 1. The Kier molecular flexibility index (Phi) is 6.29. The summed E-state index contributed by atoms with van der Waals surface area (Å²) < 4.78 is 0. The Labute approximate surface area is 194 Å². The number of nitriles is 1. The first-order chi connectivity index (χ1) is 16.0. The molecular formula is C26H17N3O3S. The van der Waals surface area contributed by atoms with Crippen molar-refractivity contribution in [2.24, 2.45) is 0 Å². The second kappa shape index (κ2) is 9.47. The molecule has 0 bridgehead atoms. The largest absolute Gasteiger partial charge is 0.298 e. The van der Waals surface area contributed by atoms with Crippen LogP contribution in [0.5, 0.6) is 0 Å². The standard InChI is InChI=1S/C26H17N3O3S/c1-17-7-9-19(10-8-17)24-14-22(18-5-3-2-4-6-18)23(15-27)26(28-24)33-25-12-11-21(29(31)32)13-20(25)16-30/h2-14,16H,1H3. The van der Waals surface area contributed by atoms with Gasteiger partial charge in [0.05, 0.1) is 16.2 Å². The van der Waals surface area contributed by atoms with E-state index in [2.05, 4.69) is 6.07 Å². The number of benzene rings is 3. The molecule has 4 aromatic rings. The minimum atomic E-state index is -0.550. The Morgan fingerprint density at radius 3 is 2.36 bits per heavy atom. The molecule has 0 fully saturated rings. The zero-order chi connectivity index (χ0) is 23.4.